The highest BCUT2D eigenvalue weighted by Gasteiger charge is 2.36. The average molecular weight is 1630 g/mol. The lowest BCUT2D eigenvalue weighted by molar-refractivity contribution is 0.592. The van der Waals surface area contributed by atoms with Gasteiger partial charge in [-0.25, -0.2) is 39.9 Å². The van der Waals surface area contributed by atoms with Gasteiger partial charge in [-0.2, -0.15) is 17.5 Å². The smallest absolute Gasteiger partial charge is 0.171 e. The second-order valence-corrected chi connectivity index (χ2v) is 35.0. The summed E-state index contributed by atoms with van der Waals surface area (Å²) < 4.78 is 33.7. The van der Waals surface area contributed by atoms with Crippen LogP contribution in [0.2, 0.25) is 0 Å². The minimum absolute atomic E-state index is 0.0625. The van der Waals surface area contributed by atoms with Crippen molar-refractivity contribution >= 4 is 112 Å². The zero-order chi connectivity index (χ0) is 82.1. The van der Waals surface area contributed by atoms with Crippen LogP contribution in [-0.2, 0) is 9.98 Å². The predicted molar refractivity (Wildman–Crippen MR) is 504 cm³/mol. The summed E-state index contributed by atoms with van der Waals surface area (Å²) in [6, 6.07) is 130. The van der Waals surface area contributed by atoms with Crippen LogP contribution in [0.4, 0.5) is 0 Å². The van der Waals surface area contributed by atoms with Gasteiger partial charge in [0.05, 0.1) is 45.9 Å². The van der Waals surface area contributed by atoms with Crippen LogP contribution in [0.15, 0.2) is 382 Å². The molecular weight excluding hydrogens is 1560 g/mol. The van der Waals surface area contributed by atoms with Crippen LogP contribution < -0.4 is 15.9 Å². The fourth-order valence-electron chi connectivity index (χ4n) is 17.3. The third kappa shape index (κ3) is 13.5. The average Bonchev–Trinajstić information content (AvgIpc) is 1.48. The molecule has 0 saturated heterocycles. The summed E-state index contributed by atoms with van der Waals surface area (Å²) in [5.41, 5.74) is 26.3. The Bertz CT molecular complexity index is 7880. The fourth-order valence-corrected chi connectivity index (χ4v) is 21.0. The molecular formula is C107H69N12OPS2. The number of hydrogen-bond donors (Lipinski definition) is 0. The quantitative estimate of drug-likeness (QED) is 0.0744. The van der Waals surface area contributed by atoms with Crippen molar-refractivity contribution in [1.82, 2.24) is 57.4 Å². The van der Waals surface area contributed by atoms with Gasteiger partial charge in [-0.1, -0.05) is 341 Å². The van der Waals surface area contributed by atoms with Gasteiger partial charge < -0.3 is 4.57 Å². The topological polar surface area (TPSA) is 172 Å². The summed E-state index contributed by atoms with van der Waals surface area (Å²) in [4.78, 5) is 40.9. The largest absolute Gasteiger partial charge is 0.309 e. The first kappa shape index (κ1) is 74.1. The Hall–Kier alpha value is -15.3. The van der Waals surface area contributed by atoms with Crippen molar-refractivity contribution in [3.8, 4) is 135 Å². The molecule has 1 aliphatic carbocycles. The maximum atomic E-state index is 15.1. The molecule has 123 heavy (non-hydrogen) atoms. The van der Waals surface area contributed by atoms with Crippen molar-refractivity contribution < 1.29 is 4.57 Å². The molecule has 6 heterocycles. The van der Waals surface area contributed by atoms with Crippen LogP contribution in [0.5, 0.6) is 0 Å². The van der Waals surface area contributed by atoms with Gasteiger partial charge in [0.25, 0.3) is 0 Å². The van der Waals surface area contributed by atoms with Crippen LogP contribution in [0.3, 0.4) is 0 Å². The van der Waals surface area contributed by atoms with Crippen molar-refractivity contribution in [1.29, 1.82) is 0 Å². The molecule has 0 unspecified atom stereocenters. The zero-order valence-electron chi connectivity index (χ0n) is 66.4. The van der Waals surface area contributed by atoms with Crippen LogP contribution in [0.1, 0.15) is 25.0 Å². The molecule has 0 spiro atoms. The van der Waals surface area contributed by atoms with Gasteiger partial charge in [-0.15, -0.1) is 0 Å². The van der Waals surface area contributed by atoms with E-state index in [-0.39, 0.29) is 5.41 Å². The van der Waals surface area contributed by atoms with E-state index < -0.39 is 7.14 Å². The lowest BCUT2D eigenvalue weighted by Gasteiger charge is -2.22. The van der Waals surface area contributed by atoms with Crippen LogP contribution in [-0.4, -0.2) is 57.4 Å². The van der Waals surface area contributed by atoms with Gasteiger partial charge in [-0.05, 0) is 110 Å². The number of fused-ring (bicyclic) bond motifs is 13. The standard InChI is InChI=1S/C55H36N6S.C52H33N6OPS/c1-55(2)45-19-10-9-18-41(45)42-26-24-38(31-46(42)55)33-20-22-36(23-21-33)53-57-52(35-14-7-4-8-15-35)58-54(59-53)40-17-11-16-37(30-40)39-25-27-43-48(32-39)56-50(34-12-5-3-6-13-34)44-28-29-47-51(49(43)44)61-62-60-47;59-60(40-20-9-3-10-21-40,41-22-11-4-12-23-41)42-27-24-36(25-28-42)51-54-50(35-16-7-2-8-17-35)55-52(56-51)39-19-13-18-37(32-39)38-26-29-43-46(33-38)53-48(34-14-5-1-6-15-34)44-30-31-45-49(47(43)44)58-61-57-45/h3-32H,1-2H3;1-33H. The minimum atomic E-state index is -3.16. The zero-order valence-corrected chi connectivity index (χ0v) is 68.9. The highest BCUT2D eigenvalue weighted by molar-refractivity contribution is 7.85. The Morgan fingerprint density at radius 1 is 0.228 bits per heavy atom. The molecule has 0 radical (unpaired) electrons. The molecule has 0 amide bonds. The van der Waals surface area contributed by atoms with Gasteiger partial charge in [-0.3, -0.25) is 0 Å². The molecule has 0 fully saturated rings. The minimum Gasteiger partial charge on any atom is -0.309 e. The number of rotatable bonds is 14. The monoisotopic (exact) mass is 1630 g/mol. The van der Waals surface area contributed by atoms with E-state index in [4.69, 9.17) is 48.6 Å². The fraction of sp³-hybridized carbons (Fsp3) is 0.0280. The second kappa shape index (κ2) is 30.8. The SMILES string of the molecule is CC1(C)c2ccccc2-c2ccc(-c3ccc(-c4nc(-c5ccccc5)nc(-c5cccc(-c6ccc7c(c6)nc(-c6ccccc6)c6ccc8nsnc8c67)c5)n4)cc3)cc21.O=P(c1ccccc1)(c1ccccc1)c1ccc(-c2nc(-c3ccccc3)nc(-c3cccc(-c4ccc5c(c4)nc(-c4ccccc4)c4ccc6nsnc6c45)c3)n2)cc1. The maximum absolute atomic E-state index is 15.1. The maximum Gasteiger partial charge on any atom is 0.171 e. The molecule has 1 aliphatic rings. The third-order valence-corrected chi connectivity index (χ3v) is 27.7. The normalized spacial score (nSPS) is 12.2. The van der Waals surface area contributed by atoms with Crippen LogP contribution in [0, 0.1) is 0 Å². The summed E-state index contributed by atoms with van der Waals surface area (Å²) >= 11 is 2.47. The Labute approximate surface area is 716 Å². The molecule has 0 saturated carbocycles. The van der Waals surface area contributed by atoms with E-state index >= 15 is 4.57 Å². The molecule has 16 aromatic carbocycles. The van der Waals surface area contributed by atoms with Gasteiger partial charge in [0, 0.05) is 98.2 Å². The summed E-state index contributed by atoms with van der Waals surface area (Å²) in [5.74, 6) is 3.48. The summed E-state index contributed by atoms with van der Waals surface area (Å²) in [6.07, 6.45) is 0. The number of pyridine rings is 2. The lowest BCUT2D eigenvalue weighted by Crippen LogP contribution is -2.24. The second-order valence-electron chi connectivity index (χ2n) is 31.2. The van der Waals surface area contributed by atoms with Crippen molar-refractivity contribution in [2.45, 2.75) is 19.3 Å². The summed E-state index contributed by atoms with van der Waals surface area (Å²) in [7, 11) is -3.16. The van der Waals surface area contributed by atoms with Gasteiger partial charge in [0.2, 0.25) is 0 Å². The van der Waals surface area contributed by atoms with Gasteiger partial charge in [0.15, 0.2) is 42.1 Å². The Balaban J connectivity index is 0.000000147. The first-order valence-electron chi connectivity index (χ1n) is 40.7. The number of benzene rings is 16. The van der Waals surface area contributed by atoms with Crippen molar-refractivity contribution in [2.75, 3.05) is 0 Å². The van der Waals surface area contributed by atoms with Crippen molar-refractivity contribution in [3.63, 3.8) is 0 Å². The number of aromatic nitrogens is 12. The molecule has 0 N–H and O–H groups in total. The predicted octanol–water partition coefficient (Wildman–Crippen LogP) is 25.4. The molecule has 580 valence electrons. The molecule has 0 aliphatic heterocycles. The summed E-state index contributed by atoms with van der Waals surface area (Å²) in [6.45, 7) is 4.64. The lowest BCUT2D eigenvalue weighted by atomic mass is 9.81. The third-order valence-electron chi connectivity index (χ3n) is 23.5. The van der Waals surface area contributed by atoms with Gasteiger partial charge in [0.1, 0.15) is 22.1 Å². The first-order valence-corrected chi connectivity index (χ1v) is 43.8. The summed E-state index contributed by atoms with van der Waals surface area (Å²) in [5, 5.41) is 8.60. The van der Waals surface area contributed by atoms with E-state index in [1.165, 1.54) is 51.3 Å². The molecule has 23 rings (SSSR count). The highest BCUT2D eigenvalue weighted by Crippen LogP contribution is 2.51. The van der Waals surface area contributed by atoms with E-state index in [0.29, 0.717) is 34.9 Å². The van der Waals surface area contributed by atoms with Gasteiger partial charge >= 0.3 is 0 Å². The molecule has 22 aromatic rings. The Morgan fingerprint density at radius 2 is 0.545 bits per heavy atom. The van der Waals surface area contributed by atoms with E-state index in [9.17, 15) is 0 Å². The molecule has 6 aromatic heterocycles. The molecule has 0 bridgehead atoms. The van der Waals surface area contributed by atoms with Crippen molar-refractivity contribution in [3.05, 3.63) is 393 Å². The highest BCUT2D eigenvalue weighted by atomic mass is 32.1. The Kier molecular flexibility index (Phi) is 18.6. The molecule has 13 nitrogen and oxygen atoms in total. The van der Waals surface area contributed by atoms with Crippen LogP contribution in [0.25, 0.3) is 201 Å². The Morgan fingerprint density at radius 3 is 1.00 bits per heavy atom. The van der Waals surface area contributed by atoms with E-state index in [0.717, 1.165) is 165 Å². The van der Waals surface area contributed by atoms with Crippen LogP contribution >= 0.6 is 30.6 Å². The van der Waals surface area contributed by atoms with E-state index in [1.54, 1.807) is 0 Å². The molecule has 16 heteroatoms. The molecule has 0 atom stereocenters. The first-order chi connectivity index (χ1) is 60.6. The number of nitrogens with zero attached hydrogens (tertiary/aromatic N) is 12. The van der Waals surface area contributed by atoms with E-state index in [2.05, 4.69) is 211 Å². The van der Waals surface area contributed by atoms with Crippen molar-refractivity contribution in [2.24, 2.45) is 0 Å². The van der Waals surface area contributed by atoms with E-state index in [1.807, 2.05) is 194 Å². The number of hydrogen-bond acceptors (Lipinski definition) is 15.